The second-order valence-electron chi connectivity index (χ2n) is 24.9. The van der Waals surface area contributed by atoms with Gasteiger partial charge in [0.25, 0.3) is 13.4 Å². The van der Waals surface area contributed by atoms with E-state index < -0.39 is 0 Å². The first-order chi connectivity index (χ1) is 44.2. The van der Waals surface area contributed by atoms with Gasteiger partial charge in [-0.15, -0.1) is 0 Å². The van der Waals surface area contributed by atoms with Crippen LogP contribution < -0.4 is 62.6 Å². The Morgan fingerprint density at radius 1 is 0.281 bits per heavy atom. The fourth-order valence-corrected chi connectivity index (χ4v) is 16.4. The van der Waals surface area contributed by atoms with E-state index in [1.807, 2.05) is 0 Å². The van der Waals surface area contributed by atoms with Crippen LogP contribution >= 0.6 is 0 Å². The van der Waals surface area contributed by atoms with Crippen LogP contribution in [0, 0.1) is 0 Å². The van der Waals surface area contributed by atoms with E-state index in [1.165, 1.54) is 92.4 Å². The number of fused-ring (bicyclic) bond motifs is 15. The molecule has 0 unspecified atom stereocenters. The Balaban J connectivity index is 0.921. The molecular weight excluding hydrogens is 1090 g/mol. The number of para-hydroxylation sites is 7. The van der Waals surface area contributed by atoms with Crippen molar-refractivity contribution >= 4 is 170 Å². The number of hydrogen-bond donors (Lipinski definition) is 0. The summed E-state index contributed by atoms with van der Waals surface area (Å²) in [5, 5.41) is 4.55. The van der Waals surface area contributed by atoms with Crippen LogP contribution in [0.25, 0.3) is 49.4 Å². The monoisotopic (exact) mass is 1150 g/mol. The summed E-state index contributed by atoms with van der Waals surface area (Å²) in [6.45, 7) is 3.58. The van der Waals surface area contributed by atoms with Gasteiger partial charge >= 0.3 is 0 Å². The maximum atomic E-state index is 7.44. The molecule has 0 N–H and O–H groups in total. The molecule has 0 spiro atoms. The normalized spacial score (nSPS) is 15.3. The van der Waals surface area contributed by atoms with Gasteiger partial charge in [0.1, 0.15) is 11.2 Å². The van der Waals surface area contributed by atoms with Crippen molar-refractivity contribution in [2.24, 2.45) is 0 Å². The molecule has 0 atom stereocenters. The van der Waals surface area contributed by atoms with Crippen LogP contribution in [0.1, 0.15) is 25.7 Å². The molecule has 0 amide bonds. The Kier molecular flexibility index (Phi) is 10.5. The first-order valence-electron chi connectivity index (χ1n) is 31.7. The minimum Gasteiger partial charge on any atom is -0.468 e. The number of anilines is 14. The Morgan fingerprint density at radius 3 is 0.989 bits per heavy atom. The molecule has 422 valence electrons. The topological polar surface area (TPSA) is 50.7 Å². The summed E-state index contributed by atoms with van der Waals surface area (Å²) in [6.07, 6.45) is 4.69. The molecule has 9 nitrogen and oxygen atoms in total. The van der Waals surface area contributed by atoms with E-state index in [-0.39, 0.29) is 13.4 Å². The highest BCUT2D eigenvalue weighted by Crippen LogP contribution is 2.53. The van der Waals surface area contributed by atoms with Gasteiger partial charge in [0.15, 0.2) is 0 Å². The summed E-state index contributed by atoms with van der Waals surface area (Å²) < 4.78 is 17.4. The van der Waals surface area contributed by atoms with E-state index in [0.29, 0.717) is 0 Å². The first kappa shape index (κ1) is 49.4. The molecule has 0 saturated carbocycles. The van der Waals surface area contributed by atoms with E-state index in [2.05, 4.69) is 283 Å². The molecule has 11 aromatic carbocycles. The molecule has 20 rings (SSSR count). The van der Waals surface area contributed by atoms with E-state index in [9.17, 15) is 0 Å². The van der Waals surface area contributed by atoms with Gasteiger partial charge in [0, 0.05) is 122 Å². The van der Waals surface area contributed by atoms with Crippen LogP contribution in [-0.2, 0) is 0 Å². The highest BCUT2D eigenvalue weighted by molar-refractivity contribution is 7.01. The number of aromatic nitrogens is 1. The molecule has 89 heavy (non-hydrogen) atoms. The van der Waals surface area contributed by atoms with Crippen molar-refractivity contribution in [1.82, 2.24) is 4.57 Å². The van der Waals surface area contributed by atoms with Gasteiger partial charge in [-0.2, -0.15) is 0 Å². The van der Waals surface area contributed by atoms with Crippen molar-refractivity contribution in [1.29, 1.82) is 0 Å². The molecule has 2 saturated heterocycles. The number of hydrogen-bond acceptors (Lipinski definition) is 8. The molecule has 9 heterocycles. The lowest BCUT2D eigenvalue weighted by Gasteiger charge is -2.43. The zero-order valence-electron chi connectivity index (χ0n) is 48.9. The maximum Gasteiger partial charge on any atom is 0.297 e. The van der Waals surface area contributed by atoms with E-state index in [0.717, 1.165) is 122 Å². The first-order valence-corrected chi connectivity index (χ1v) is 31.7. The lowest BCUT2D eigenvalue weighted by atomic mass is 9.35. The number of benzene rings is 11. The minimum atomic E-state index is -0.254. The number of furan rings is 2. The summed E-state index contributed by atoms with van der Waals surface area (Å²) in [7, 11) is 0. The Hall–Kier alpha value is -10.8. The maximum absolute atomic E-state index is 7.44. The van der Waals surface area contributed by atoms with Crippen LogP contribution in [0.15, 0.2) is 258 Å². The van der Waals surface area contributed by atoms with Gasteiger partial charge in [-0.25, -0.2) is 0 Å². The molecule has 2 fully saturated rings. The molecule has 11 heteroatoms. The van der Waals surface area contributed by atoms with Crippen LogP contribution in [0.5, 0.6) is 0 Å². The van der Waals surface area contributed by atoms with Crippen molar-refractivity contribution in [3.8, 4) is 5.69 Å². The number of rotatable bonds is 7. The van der Waals surface area contributed by atoms with E-state index in [1.54, 1.807) is 0 Å². The quantitative estimate of drug-likeness (QED) is 0.146. The van der Waals surface area contributed by atoms with Gasteiger partial charge in [0.05, 0.1) is 33.7 Å². The summed E-state index contributed by atoms with van der Waals surface area (Å²) in [4.78, 5) is 15.3. The van der Waals surface area contributed by atoms with Gasteiger partial charge in [-0.3, -0.25) is 0 Å². The van der Waals surface area contributed by atoms with Gasteiger partial charge in [0.2, 0.25) is 0 Å². The average Bonchev–Trinajstić information content (AvgIpc) is 1.69. The molecule has 14 aromatic rings. The van der Waals surface area contributed by atoms with E-state index in [4.69, 9.17) is 8.83 Å². The minimum absolute atomic E-state index is 0.254. The smallest absolute Gasteiger partial charge is 0.297 e. The molecule has 0 aliphatic carbocycles. The third kappa shape index (κ3) is 7.04. The van der Waals surface area contributed by atoms with Crippen molar-refractivity contribution in [2.45, 2.75) is 25.7 Å². The standard InChI is InChI=1S/C78H57B2N7O2/c1-6-24-50(25-7-1)83-63-48-65-61(79-73-67(84(65)51-26-8-2-9-27-51)42-55(81-38-20-21-39-81)44-69(73)86(53-30-12-4-13-31-53)75-57-34-16-18-36-71(57)88-77(75)79)46-59(63)60-47-62-66(49-64(60)83)85(52-28-10-3-11-29-52)68-43-56(82-40-22-23-41-82)45-70-74(68)80(62)78-76(58-35-17-19-37-72(58)89-78)87(70)54-32-14-5-15-33-54/h1-19,24-37,42-49H,20-23,38-41H2. The molecular formula is C78H57B2N7O2. The highest BCUT2D eigenvalue weighted by atomic mass is 16.3. The largest absolute Gasteiger partial charge is 0.468 e. The Labute approximate surface area is 516 Å². The summed E-state index contributed by atoms with van der Waals surface area (Å²) >= 11 is 0. The third-order valence-corrected chi connectivity index (χ3v) is 20.1. The average molecular weight is 1150 g/mol. The molecule has 0 bridgehead atoms. The zero-order chi connectivity index (χ0) is 58.0. The Morgan fingerprint density at radius 2 is 0.607 bits per heavy atom. The van der Waals surface area contributed by atoms with E-state index >= 15 is 0 Å². The van der Waals surface area contributed by atoms with Crippen LogP contribution in [-0.4, -0.2) is 44.2 Å². The fourth-order valence-electron chi connectivity index (χ4n) is 16.4. The molecule has 0 radical (unpaired) electrons. The second-order valence-corrected chi connectivity index (χ2v) is 24.9. The summed E-state index contributed by atoms with van der Waals surface area (Å²) in [6, 6.07) is 92.5. The van der Waals surface area contributed by atoms with Gasteiger partial charge < -0.3 is 42.8 Å². The van der Waals surface area contributed by atoms with Gasteiger partial charge in [-0.1, -0.05) is 127 Å². The Bertz CT molecular complexity index is 4910. The fraction of sp³-hybridized carbons (Fsp3) is 0.103. The van der Waals surface area contributed by atoms with Crippen LogP contribution in [0.3, 0.4) is 0 Å². The lowest BCUT2D eigenvalue weighted by molar-refractivity contribution is 0.651. The summed E-state index contributed by atoms with van der Waals surface area (Å²) in [5.41, 5.74) is 27.9. The predicted molar refractivity (Wildman–Crippen MR) is 371 cm³/mol. The van der Waals surface area contributed by atoms with Crippen molar-refractivity contribution < 1.29 is 8.83 Å². The highest BCUT2D eigenvalue weighted by Gasteiger charge is 2.50. The lowest BCUT2D eigenvalue weighted by Crippen LogP contribution is -2.61. The van der Waals surface area contributed by atoms with Crippen molar-refractivity contribution in [3.05, 3.63) is 249 Å². The predicted octanol–water partition coefficient (Wildman–Crippen LogP) is 15.6. The van der Waals surface area contributed by atoms with Crippen molar-refractivity contribution in [3.63, 3.8) is 0 Å². The van der Waals surface area contributed by atoms with Crippen LogP contribution in [0.2, 0.25) is 0 Å². The number of nitrogens with zero attached hydrogens (tertiary/aromatic N) is 7. The summed E-state index contributed by atoms with van der Waals surface area (Å²) in [5.74, 6) is 0. The zero-order valence-corrected chi connectivity index (χ0v) is 48.9. The second kappa shape index (κ2) is 18.9. The van der Waals surface area contributed by atoms with Gasteiger partial charge in [-0.05, 0) is 169 Å². The molecule has 3 aromatic heterocycles. The third-order valence-electron chi connectivity index (χ3n) is 20.1. The van der Waals surface area contributed by atoms with Crippen LogP contribution in [0.4, 0.5) is 79.6 Å². The van der Waals surface area contributed by atoms with Crippen molar-refractivity contribution in [2.75, 3.05) is 55.6 Å². The molecule has 6 aliphatic heterocycles. The SMILES string of the molecule is c1ccc(N2c3cc4c(cc3B3c5oc6ccccc6c5N(c5ccccc5)c5cc(N6CCCC6)cc2c53)c2cc3c(cc2n4-c2ccccc2)N(c2ccccc2)c2cc(N4CCCC4)cc4c2B3c2oc3ccccc3c2N4c2ccccc2)cc1. The molecule has 6 aliphatic rings.